The van der Waals surface area contributed by atoms with E-state index in [0.717, 1.165) is 12.1 Å². The van der Waals surface area contributed by atoms with Gasteiger partial charge in [0.05, 0.1) is 12.2 Å². The number of hydrogen-bond acceptors (Lipinski definition) is 5. The van der Waals surface area contributed by atoms with Crippen molar-refractivity contribution in [1.29, 1.82) is 0 Å². The number of hydrogen-bond donors (Lipinski definition) is 1. The summed E-state index contributed by atoms with van der Waals surface area (Å²) in [5, 5.41) is 2.77. The Morgan fingerprint density at radius 2 is 1.95 bits per heavy atom. The van der Waals surface area contributed by atoms with Gasteiger partial charge in [-0.3, -0.25) is 0 Å². The first-order chi connectivity index (χ1) is 10.4. The van der Waals surface area contributed by atoms with Gasteiger partial charge in [-0.15, -0.1) is 0 Å². The van der Waals surface area contributed by atoms with Crippen LogP contribution in [0.5, 0.6) is 0 Å². The third kappa shape index (κ3) is 3.72. The molecule has 0 aliphatic carbocycles. The van der Waals surface area contributed by atoms with E-state index in [4.69, 9.17) is 4.74 Å². The van der Waals surface area contributed by atoms with Crippen LogP contribution >= 0.6 is 0 Å². The highest BCUT2D eigenvalue weighted by molar-refractivity contribution is 5.95. The molecule has 0 aliphatic heterocycles. The van der Waals surface area contributed by atoms with Crippen LogP contribution in [-0.4, -0.2) is 22.5 Å². The van der Waals surface area contributed by atoms with E-state index in [-0.39, 0.29) is 18.0 Å². The van der Waals surface area contributed by atoms with Crippen LogP contribution < -0.4 is 5.32 Å². The average Bonchev–Trinajstić information content (AvgIpc) is 2.47. The second-order valence-corrected chi connectivity index (χ2v) is 4.21. The van der Waals surface area contributed by atoms with Gasteiger partial charge in [-0.25, -0.2) is 14.8 Å². The molecule has 0 unspecified atom stereocenters. The molecule has 0 aliphatic rings. The number of ether oxygens (including phenoxy) is 1. The molecule has 0 bridgehead atoms. The van der Waals surface area contributed by atoms with Crippen molar-refractivity contribution in [2.75, 3.05) is 11.9 Å². The quantitative estimate of drug-likeness (QED) is 0.877. The molecule has 1 N–H and O–H groups in total. The average molecular weight is 311 g/mol. The summed E-state index contributed by atoms with van der Waals surface area (Å²) >= 11 is 0. The highest BCUT2D eigenvalue weighted by atomic mass is 19.4. The van der Waals surface area contributed by atoms with Crippen molar-refractivity contribution in [3.05, 3.63) is 47.9 Å². The summed E-state index contributed by atoms with van der Waals surface area (Å²) in [5.74, 6) is -0.453. The molecule has 116 valence electrons. The van der Waals surface area contributed by atoms with Crippen molar-refractivity contribution < 1.29 is 22.7 Å². The van der Waals surface area contributed by atoms with Crippen LogP contribution in [0.15, 0.2) is 36.8 Å². The zero-order valence-electron chi connectivity index (χ0n) is 11.5. The highest BCUT2D eigenvalue weighted by Gasteiger charge is 2.30. The highest BCUT2D eigenvalue weighted by Crippen LogP contribution is 2.30. The van der Waals surface area contributed by atoms with Gasteiger partial charge in [0.2, 0.25) is 0 Å². The molecule has 1 aromatic carbocycles. The van der Waals surface area contributed by atoms with Crippen molar-refractivity contribution >= 4 is 17.5 Å². The number of aromatic nitrogens is 2. The summed E-state index contributed by atoms with van der Waals surface area (Å²) in [4.78, 5) is 19.4. The van der Waals surface area contributed by atoms with Gasteiger partial charge in [0.25, 0.3) is 0 Å². The number of carbonyl (C=O) groups excluding carboxylic acids is 1. The van der Waals surface area contributed by atoms with Gasteiger partial charge in [0.15, 0.2) is 0 Å². The maximum absolute atomic E-state index is 12.5. The Morgan fingerprint density at radius 3 is 2.55 bits per heavy atom. The summed E-state index contributed by atoms with van der Waals surface area (Å²) < 4.78 is 42.4. The molecular formula is C14H12F3N3O2. The summed E-state index contributed by atoms with van der Waals surface area (Å²) in [6, 6.07) is 4.38. The van der Waals surface area contributed by atoms with E-state index in [1.807, 2.05) is 0 Å². The Labute approximate surface area is 124 Å². The van der Waals surface area contributed by atoms with E-state index in [1.165, 1.54) is 24.7 Å². The molecule has 1 heterocycles. The maximum Gasteiger partial charge on any atom is 0.416 e. The third-order valence-electron chi connectivity index (χ3n) is 2.68. The molecule has 0 atom stereocenters. The van der Waals surface area contributed by atoms with Gasteiger partial charge in [0, 0.05) is 11.9 Å². The zero-order chi connectivity index (χ0) is 16.2. The van der Waals surface area contributed by atoms with Crippen LogP contribution in [0, 0.1) is 0 Å². The minimum Gasteiger partial charge on any atom is -0.462 e. The summed E-state index contributed by atoms with van der Waals surface area (Å²) in [6.45, 7) is 1.85. The fourth-order valence-corrected chi connectivity index (χ4v) is 1.67. The van der Waals surface area contributed by atoms with Crippen molar-refractivity contribution in [2.24, 2.45) is 0 Å². The normalized spacial score (nSPS) is 11.1. The van der Waals surface area contributed by atoms with Crippen LogP contribution in [0.4, 0.5) is 24.7 Å². The topological polar surface area (TPSA) is 64.1 Å². The standard InChI is InChI=1S/C14H12F3N3O2/c1-2-22-13(21)11-7-18-8-19-12(11)20-10-5-3-9(4-6-10)14(15,16)17/h3-8H,2H2,1H3,(H,18,19,20). The Balaban J connectivity index is 2.22. The first-order valence-corrected chi connectivity index (χ1v) is 6.33. The number of esters is 1. The first kappa shape index (κ1) is 15.7. The molecule has 0 spiro atoms. The minimum absolute atomic E-state index is 0.101. The number of carbonyl (C=O) groups is 1. The van der Waals surface area contributed by atoms with Gasteiger partial charge in [0.1, 0.15) is 17.7 Å². The van der Waals surface area contributed by atoms with Crippen LogP contribution in [-0.2, 0) is 10.9 Å². The second kappa shape index (κ2) is 6.42. The number of alkyl halides is 3. The zero-order valence-corrected chi connectivity index (χ0v) is 11.5. The Hall–Kier alpha value is -2.64. The molecule has 5 nitrogen and oxygen atoms in total. The van der Waals surface area contributed by atoms with E-state index in [9.17, 15) is 18.0 Å². The van der Waals surface area contributed by atoms with Crippen LogP contribution in [0.2, 0.25) is 0 Å². The molecule has 2 rings (SSSR count). The van der Waals surface area contributed by atoms with Crippen molar-refractivity contribution in [2.45, 2.75) is 13.1 Å². The van der Waals surface area contributed by atoms with Gasteiger partial charge >= 0.3 is 12.1 Å². The largest absolute Gasteiger partial charge is 0.462 e. The number of rotatable bonds is 4. The lowest BCUT2D eigenvalue weighted by Gasteiger charge is -2.11. The molecule has 0 saturated carbocycles. The Morgan fingerprint density at radius 1 is 1.27 bits per heavy atom. The first-order valence-electron chi connectivity index (χ1n) is 6.33. The van der Waals surface area contributed by atoms with Gasteiger partial charge in [-0.05, 0) is 31.2 Å². The minimum atomic E-state index is -4.40. The van der Waals surface area contributed by atoms with E-state index in [1.54, 1.807) is 6.92 Å². The smallest absolute Gasteiger partial charge is 0.416 e. The van der Waals surface area contributed by atoms with E-state index < -0.39 is 17.7 Å². The lowest BCUT2D eigenvalue weighted by atomic mass is 10.2. The molecule has 2 aromatic rings. The summed E-state index contributed by atoms with van der Waals surface area (Å²) in [6.07, 6.45) is -1.91. The predicted molar refractivity (Wildman–Crippen MR) is 72.7 cm³/mol. The molecule has 1 aromatic heterocycles. The molecule has 22 heavy (non-hydrogen) atoms. The van der Waals surface area contributed by atoms with Crippen molar-refractivity contribution in [1.82, 2.24) is 9.97 Å². The van der Waals surface area contributed by atoms with Gasteiger partial charge in [-0.2, -0.15) is 13.2 Å². The second-order valence-electron chi connectivity index (χ2n) is 4.21. The van der Waals surface area contributed by atoms with Crippen molar-refractivity contribution in [3.8, 4) is 0 Å². The lowest BCUT2D eigenvalue weighted by Crippen LogP contribution is -2.10. The summed E-state index contributed by atoms with van der Waals surface area (Å²) in [5.41, 5.74) is -0.298. The number of anilines is 2. The van der Waals surface area contributed by atoms with Crippen molar-refractivity contribution in [3.63, 3.8) is 0 Å². The fraction of sp³-hybridized carbons (Fsp3) is 0.214. The fourth-order valence-electron chi connectivity index (χ4n) is 1.67. The number of halogens is 3. The molecule has 8 heteroatoms. The van der Waals surface area contributed by atoms with E-state index in [2.05, 4.69) is 15.3 Å². The predicted octanol–water partition coefficient (Wildman–Crippen LogP) is 3.42. The third-order valence-corrected chi connectivity index (χ3v) is 2.68. The maximum atomic E-state index is 12.5. The van der Waals surface area contributed by atoms with Gasteiger partial charge < -0.3 is 10.1 Å². The summed E-state index contributed by atoms with van der Waals surface area (Å²) in [7, 11) is 0. The SMILES string of the molecule is CCOC(=O)c1cncnc1Nc1ccc(C(F)(F)F)cc1. The monoisotopic (exact) mass is 311 g/mol. The molecule has 0 saturated heterocycles. The molecular weight excluding hydrogens is 299 g/mol. The van der Waals surface area contributed by atoms with Crippen LogP contribution in [0.3, 0.4) is 0 Å². The van der Waals surface area contributed by atoms with Crippen LogP contribution in [0.1, 0.15) is 22.8 Å². The number of benzene rings is 1. The Bertz CT molecular complexity index is 657. The van der Waals surface area contributed by atoms with E-state index >= 15 is 0 Å². The Kier molecular flexibility index (Phi) is 4.59. The lowest BCUT2D eigenvalue weighted by molar-refractivity contribution is -0.137. The van der Waals surface area contributed by atoms with Crippen LogP contribution in [0.25, 0.3) is 0 Å². The van der Waals surface area contributed by atoms with E-state index in [0.29, 0.717) is 5.69 Å². The molecule has 0 radical (unpaired) electrons. The number of nitrogens with zero attached hydrogens (tertiary/aromatic N) is 2. The van der Waals surface area contributed by atoms with Gasteiger partial charge in [-0.1, -0.05) is 0 Å². The number of nitrogens with one attached hydrogen (secondary N) is 1. The molecule has 0 amide bonds. The molecule has 0 fully saturated rings.